The molecule has 0 bridgehead atoms. The second kappa shape index (κ2) is 6.97. The van der Waals surface area contributed by atoms with Gasteiger partial charge >= 0.3 is 6.18 Å². The van der Waals surface area contributed by atoms with Crippen molar-refractivity contribution in [2.45, 2.75) is 19.0 Å². The van der Waals surface area contributed by atoms with Crippen molar-refractivity contribution in [2.24, 2.45) is 0 Å². The number of nitrogens with zero attached hydrogens (tertiary/aromatic N) is 2. The molecule has 0 unspecified atom stereocenters. The van der Waals surface area contributed by atoms with E-state index in [1.54, 1.807) is 30.5 Å². The Morgan fingerprint density at radius 3 is 2.72 bits per heavy atom. The quantitative estimate of drug-likeness (QED) is 0.711. The number of hydrogen-bond acceptors (Lipinski definition) is 1. The van der Waals surface area contributed by atoms with Crippen LogP contribution in [0.1, 0.15) is 23.2 Å². The second-order valence-corrected chi connectivity index (χ2v) is 5.79. The van der Waals surface area contributed by atoms with Crippen molar-refractivity contribution in [1.29, 1.82) is 0 Å². The van der Waals surface area contributed by atoms with Crippen LogP contribution in [0.25, 0.3) is 11.8 Å². The molecule has 1 aromatic heterocycles. The van der Waals surface area contributed by atoms with Gasteiger partial charge in [0.2, 0.25) is 0 Å². The van der Waals surface area contributed by atoms with E-state index in [1.807, 2.05) is 24.3 Å². The van der Waals surface area contributed by atoms with Gasteiger partial charge in [0.15, 0.2) is 0 Å². The summed E-state index contributed by atoms with van der Waals surface area (Å²) >= 11 is 0. The topological polar surface area (TPSA) is 17.8 Å². The third-order valence-electron chi connectivity index (χ3n) is 3.87. The Morgan fingerprint density at radius 1 is 1.20 bits per heavy atom. The highest BCUT2D eigenvalue weighted by Crippen LogP contribution is 2.27. The Balaban J connectivity index is 1.80. The van der Waals surface area contributed by atoms with Crippen molar-refractivity contribution >= 4 is 11.8 Å². The summed E-state index contributed by atoms with van der Waals surface area (Å²) in [7, 11) is 0. The van der Waals surface area contributed by atoms with Gasteiger partial charge in [0.25, 0.3) is 0 Å². The van der Waals surface area contributed by atoms with Crippen LogP contribution in [0.3, 0.4) is 0 Å². The lowest BCUT2D eigenvalue weighted by molar-refractivity contribution is -0.127. The number of hydrogen-bond donors (Lipinski definition) is 0. The van der Waals surface area contributed by atoms with Crippen LogP contribution in [-0.4, -0.2) is 16.0 Å². The molecule has 0 amide bonds. The van der Waals surface area contributed by atoms with Crippen molar-refractivity contribution in [3.05, 3.63) is 89.8 Å². The lowest BCUT2D eigenvalue weighted by Crippen LogP contribution is -2.14. The summed E-state index contributed by atoms with van der Waals surface area (Å²) in [6.07, 6.45) is 7.30. The van der Waals surface area contributed by atoms with Gasteiger partial charge in [-0.1, -0.05) is 55.1 Å². The van der Waals surface area contributed by atoms with Crippen molar-refractivity contribution in [3.63, 3.8) is 0 Å². The molecule has 0 spiro atoms. The summed E-state index contributed by atoms with van der Waals surface area (Å²) < 4.78 is 39.8. The van der Waals surface area contributed by atoms with Crippen molar-refractivity contribution in [3.8, 4) is 0 Å². The average Bonchev–Trinajstić information content (AvgIpc) is 3.23. The van der Waals surface area contributed by atoms with Gasteiger partial charge in [-0.05, 0) is 29.7 Å². The lowest BCUT2D eigenvalue weighted by atomic mass is 10.0. The molecule has 1 heterocycles. The fourth-order valence-corrected chi connectivity index (χ4v) is 2.65. The average molecular weight is 342 g/mol. The van der Waals surface area contributed by atoms with E-state index in [1.165, 1.54) is 16.3 Å². The fourth-order valence-electron chi connectivity index (χ4n) is 2.65. The molecular formula is C20H17F3N2. The number of allylic oxidation sites excluding steroid dienone is 5. The Labute approximate surface area is 144 Å². The maximum atomic E-state index is 12.8. The van der Waals surface area contributed by atoms with Crippen LogP contribution in [0.15, 0.2) is 73.0 Å². The first-order chi connectivity index (χ1) is 11.9. The summed E-state index contributed by atoms with van der Waals surface area (Å²) in [5.41, 5.74) is 2.96. The van der Waals surface area contributed by atoms with E-state index in [4.69, 9.17) is 0 Å². The summed E-state index contributed by atoms with van der Waals surface area (Å²) in [5.74, 6) is 0. The molecular weight excluding hydrogens is 325 g/mol. The van der Waals surface area contributed by atoms with Crippen molar-refractivity contribution in [1.82, 2.24) is 9.78 Å². The number of benzene rings is 1. The number of halogens is 3. The molecule has 3 rings (SSSR count). The number of aromatic nitrogens is 2. The molecule has 0 atom stereocenters. The van der Waals surface area contributed by atoms with E-state index in [0.717, 1.165) is 12.1 Å². The van der Waals surface area contributed by atoms with E-state index in [-0.39, 0.29) is 5.56 Å². The van der Waals surface area contributed by atoms with E-state index < -0.39 is 12.6 Å². The standard InChI is InChI=1S/C20H17F3N2/c1-15(19-9-5-4-8-17(19)14-20(21,22)23)25-13-12-18(24-25)11-10-16-6-2-3-7-16/h2-6,8-13H,1,7,14H2/b11-10+. The molecule has 1 aliphatic carbocycles. The highest BCUT2D eigenvalue weighted by atomic mass is 19.4. The first-order valence-electron chi connectivity index (χ1n) is 7.86. The van der Waals surface area contributed by atoms with Gasteiger partial charge in [-0.2, -0.15) is 18.3 Å². The van der Waals surface area contributed by atoms with Crippen LogP contribution in [-0.2, 0) is 6.42 Å². The van der Waals surface area contributed by atoms with Crippen LogP contribution in [0.2, 0.25) is 0 Å². The minimum atomic E-state index is -4.27. The Bertz CT molecular complexity index is 867. The van der Waals surface area contributed by atoms with Gasteiger partial charge in [0, 0.05) is 11.8 Å². The fraction of sp³-hybridized carbons (Fsp3) is 0.150. The zero-order valence-electron chi connectivity index (χ0n) is 13.5. The molecule has 5 heteroatoms. The lowest BCUT2D eigenvalue weighted by Gasteiger charge is -2.13. The summed E-state index contributed by atoms with van der Waals surface area (Å²) in [6, 6.07) is 8.20. The predicted octanol–water partition coefficient (Wildman–Crippen LogP) is 5.41. The van der Waals surface area contributed by atoms with E-state index in [2.05, 4.69) is 17.8 Å². The van der Waals surface area contributed by atoms with Gasteiger partial charge in [-0.3, -0.25) is 0 Å². The molecule has 0 saturated carbocycles. The minimum Gasteiger partial charge on any atom is -0.240 e. The van der Waals surface area contributed by atoms with E-state index in [0.29, 0.717) is 11.3 Å². The van der Waals surface area contributed by atoms with Gasteiger partial charge in [-0.15, -0.1) is 0 Å². The minimum absolute atomic E-state index is 0.190. The van der Waals surface area contributed by atoms with Gasteiger partial charge in [-0.25, -0.2) is 4.68 Å². The highest BCUT2D eigenvalue weighted by Gasteiger charge is 2.29. The van der Waals surface area contributed by atoms with Crippen molar-refractivity contribution < 1.29 is 13.2 Å². The molecule has 0 fully saturated rings. The Kier molecular flexibility index (Phi) is 4.74. The maximum absolute atomic E-state index is 12.8. The molecule has 1 aromatic carbocycles. The van der Waals surface area contributed by atoms with E-state index >= 15 is 0 Å². The molecule has 0 N–H and O–H groups in total. The highest BCUT2D eigenvalue weighted by molar-refractivity contribution is 5.66. The first-order valence-corrected chi connectivity index (χ1v) is 7.86. The third kappa shape index (κ3) is 4.38. The summed E-state index contributed by atoms with van der Waals surface area (Å²) in [6.45, 7) is 3.92. The number of alkyl halides is 3. The molecule has 0 aliphatic heterocycles. The van der Waals surface area contributed by atoms with E-state index in [9.17, 15) is 13.2 Å². The largest absolute Gasteiger partial charge is 0.393 e. The van der Waals surface area contributed by atoms with Crippen molar-refractivity contribution in [2.75, 3.05) is 0 Å². The van der Waals surface area contributed by atoms with Gasteiger partial charge in [0.1, 0.15) is 0 Å². The zero-order chi connectivity index (χ0) is 17.9. The summed E-state index contributed by atoms with van der Waals surface area (Å²) in [4.78, 5) is 0. The molecule has 2 aromatic rings. The van der Waals surface area contributed by atoms with Crippen LogP contribution in [0.4, 0.5) is 13.2 Å². The zero-order valence-corrected chi connectivity index (χ0v) is 13.5. The molecule has 1 aliphatic rings. The Morgan fingerprint density at radius 2 is 2.00 bits per heavy atom. The monoisotopic (exact) mass is 342 g/mol. The molecule has 0 saturated heterocycles. The van der Waals surface area contributed by atoms with Gasteiger partial charge in [0.05, 0.1) is 17.8 Å². The second-order valence-electron chi connectivity index (χ2n) is 5.79. The molecule has 25 heavy (non-hydrogen) atoms. The summed E-state index contributed by atoms with van der Waals surface area (Å²) in [5, 5.41) is 4.39. The smallest absolute Gasteiger partial charge is 0.240 e. The number of rotatable bonds is 5. The molecule has 0 radical (unpaired) electrons. The third-order valence-corrected chi connectivity index (χ3v) is 3.87. The predicted molar refractivity (Wildman–Crippen MR) is 93.7 cm³/mol. The maximum Gasteiger partial charge on any atom is 0.393 e. The van der Waals surface area contributed by atoms with Crippen LogP contribution < -0.4 is 0 Å². The first kappa shape index (κ1) is 17.0. The molecule has 2 nitrogen and oxygen atoms in total. The van der Waals surface area contributed by atoms with Crippen LogP contribution in [0.5, 0.6) is 0 Å². The van der Waals surface area contributed by atoms with Crippen LogP contribution in [0, 0.1) is 0 Å². The Hall–Kier alpha value is -2.82. The van der Waals surface area contributed by atoms with Crippen LogP contribution >= 0.6 is 0 Å². The molecule has 128 valence electrons. The normalized spacial score (nSPS) is 14.3. The SMILES string of the molecule is C=C(c1ccccc1CC(F)(F)F)n1ccc(/C=C/C2=CC=CC2)n1. The van der Waals surface area contributed by atoms with Gasteiger partial charge < -0.3 is 0 Å².